The average Bonchev–Trinajstić information content (AvgIpc) is 2.78. The lowest BCUT2D eigenvalue weighted by Crippen LogP contribution is -2.26. The summed E-state index contributed by atoms with van der Waals surface area (Å²) < 4.78 is 0. The highest BCUT2D eigenvalue weighted by Gasteiger charge is 2.25. The second kappa shape index (κ2) is 4.26. The van der Waals surface area contributed by atoms with Gasteiger partial charge in [-0.15, -0.1) is 0 Å². The van der Waals surface area contributed by atoms with Crippen LogP contribution < -0.4 is 0 Å². The number of hydrogen-bond acceptors (Lipinski definition) is 2. The predicted octanol–water partition coefficient (Wildman–Crippen LogP) is 1.58. The standard InChI is InChI=1S/C12H14N2O/c1-2-12(15)14-8-5-11(9-14)10-3-6-13-7-4-10/h2-4,6-7,11H,1,5,8-9H2. The van der Waals surface area contributed by atoms with Crippen LogP contribution in [0.15, 0.2) is 37.2 Å². The molecular weight excluding hydrogens is 188 g/mol. The molecule has 2 heterocycles. The first-order valence-corrected chi connectivity index (χ1v) is 5.12. The molecule has 1 aromatic heterocycles. The molecule has 0 aliphatic carbocycles. The van der Waals surface area contributed by atoms with E-state index in [1.54, 1.807) is 12.4 Å². The van der Waals surface area contributed by atoms with E-state index in [0.717, 1.165) is 19.5 Å². The van der Waals surface area contributed by atoms with Crippen LogP contribution in [0.3, 0.4) is 0 Å². The number of nitrogens with zero attached hydrogens (tertiary/aromatic N) is 2. The highest BCUT2D eigenvalue weighted by molar-refractivity contribution is 5.87. The lowest BCUT2D eigenvalue weighted by atomic mass is 10.00. The Labute approximate surface area is 89.4 Å². The predicted molar refractivity (Wildman–Crippen MR) is 58.4 cm³/mol. The average molecular weight is 202 g/mol. The fourth-order valence-corrected chi connectivity index (χ4v) is 2.00. The molecular formula is C12H14N2O. The molecule has 1 saturated heterocycles. The van der Waals surface area contributed by atoms with Crippen LogP contribution in [0.25, 0.3) is 0 Å². The van der Waals surface area contributed by atoms with Crippen LogP contribution >= 0.6 is 0 Å². The minimum atomic E-state index is 0.0338. The van der Waals surface area contributed by atoms with E-state index in [1.807, 2.05) is 17.0 Å². The molecule has 0 saturated carbocycles. The zero-order valence-electron chi connectivity index (χ0n) is 8.60. The van der Waals surface area contributed by atoms with Gasteiger partial charge in [-0.3, -0.25) is 9.78 Å². The van der Waals surface area contributed by atoms with E-state index < -0.39 is 0 Å². The fourth-order valence-electron chi connectivity index (χ4n) is 2.00. The molecule has 1 aliphatic rings. The first kappa shape index (κ1) is 9.90. The van der Waals surface area contributed by atoms with Gasteiger partial charge < -0.3 is 4.90 Å². The van der Waals surface area contributed by atoms with E-state index in [-0.39, 0.29) is 5.91 Å². The molecule has 1 fully saturated rings. The molecule has 3 nitrogen and oxygen atoms in total. The van der Waals surface area contributed by atoms with Crippen molar-refractivity contribution in [3.63, 3.8) is 0 Å². The topological polar surface area (TPSA) is 33.2 Å². The number of pyridine rings is 1. The lowest BCUT2D eigenvalue weighted by molar-refractivity contribution is -0.125. The van der Waals surface area contributed by atoms with Gasteiger partial charge in [0.1, 0.15) is 0 Å². The monoisotopic (exact) mass is 202 g/mol. The minimum Gasteiger partial charge on any atom is -0.339 e. The summed E-state index contributed by atoms with van der Waals surface area (Å²) in [5.74, 6) is 0.489. The summed E-state index contributed by atoms with van der Waals surface area (Å²) in [6.45, 7) is 5.13. The van der Waals surface area contributed by atoms with Gasteiger partial charge in [0.25, 0.3) is 0 Å². The Morgan fingerprint density at radius 2 is 2.27 bits per heavy atom. The number of hydrogen-bond donors (Lipinski definition) is 0. The number of carbonyl (C=O) groups excluding carboxylic acids is 1. The van der Waals surface area contributed by atoms with Crippen molar-refractivity contribution < 1.29 is 4.79 Å². The normalized spacial score (nSPS) is 20.3. The third-order valence-corrected chi connectivity index (χ3v) is 2.85. The van der Waals surface area contributed by atoms with Crippen molar-refractivity contribution in [3.05, 3.63) is 42.7 Å². The number of aromatic nitrogens is 1. The summed E-state index contributed by atoms with van der Waals surface area (Å²) in [4.78, 5) is 17.2. The quantitative estimate of drug-likeness (QED) is 0.682. The van der Waals surface area contributed by atoms with Gasteiger partial charge in [0.05, 0.1) is 0 Å². The lowest BCUT2D eigenvalue weighted by Gasteiger charge is -2.14. The van der Waals surface area contributed by atoms with E-state index in [0.29, 0.717) is 5.92 Å². The van der Waals surface area contributed by atoms with Gasteiger partial charge in [0, 0.05) is 31.4 Å². The van der Waals surface area contributed by atoms with Gasteiger partial charge in [-0.05, 0) is 30.2 Å². The summed E-state index contributed by atoms with van der Waals surface area (Å²) in [7, 11) is 0. The highest BCUT2D eigenvalue weighted by atomic mass is 16.2. The largest absolute Gasteiger partial charge is 0.339 e. The molecule has 1 aliphatic heterocycles. The van der Waals surface area contributed by atoms with Crippen LogP contribution in [0.5, 0.6) is 0 Å². The Balaban J connectivity index is 2.05. The Hall–Kier alpha value is -1.64. The SMILES string of the molecule is C=CC(=O)N1CCC(c2ccncc2)C1. The molecule has 1 aromatic rings. The number of likely N-dealkylation sites (tertiary alicyclic amines) is 1. The van der Waals surface area contributed by atoms with Crippen LogP contribution in [0.2, 0.25) is 0 Å². The molecule has 78 valence electrons. The summed E-state index contributed by atoms with van der Waals surface area (Å²) in [5, 5.41) is 0. The third-order valence-electron chi connectivity index (χ3n) is 2.85. The third kappa shape index (κ3) is 2.06. The van der Waals surface area contributed by atoms with Gasteiger partial charge in [0.2, 0.25) is 5.91 Å². The second-order valence-electron chi connectivity index (χ2n) is 3.75. The summed E-state index contributed by atoms with van der Waals surface area (Å²) in [6, 6.07) is 4.04. The minimum absolute atomic E-state index is 0.0338. The summed E-state index contributed by atoms with van der Waals surface area (Å²) >= 11 is 0. The first-order valence-electron chi connectivity index (χ1n) is 5.12. The van der Waals surface area contributed by atoms with Gasteiger partial charge in [-0.25, -0.2) is 0 Å². The van der Waals surface area contributed by atoms with Crippen molar-refractivity contribution in [2.24, 2.45) is 0 Å². The van der Waals surface area contributed by atoms with Gasteiger partial charge >= 0.3 is 0 Å². The Morgan fingerprint density at radius 3 is 2.93 bits per heavy atom. The maximum absolute atomic E-state index is 11.4. The number of carbonyl (C=O) groups is 1. The van der Waals surface area contributed by atoms with Crippen LogP contribution in [0.1, 0.15) is 17.9 Å². The molecule has 1 unspecified atom stereocenters. The van der Waals surface area contributed by atoms with Gasteiger partial charge in [-0.2, -0.15) is 0 Å². The second-order valence-corrected chi connectivity index (χ2v) is 3.75. The Bertz CT molecular complexity index is 361. The molecule has 1 amide bonds. The smallest absolute Gasteiger partial charge is 0.245 e. The molecule has 0 aromatic carbocycles. The van der Waals surface area contributed by atoms with Crippen molar-refractivity contribution in [3.8, 4) is 0 Å². The van der Waals surface area contributed by atoms with Crippen molar-refractivity contribution >= 4 is 5.91 Å². The molecule has 0 N–H and O–H groups in total. The zero-order valence-corrected chi connectivity index (χ0v) is 8.60. The fraction of sp³-hybridized carbons (Fsp3) is 0.333. The molecule has 2 rings (SSSR count). The van der Waals surface area contributed by atoms with Gasteiger partial charge in [0.15, 0.2) is 0 Å². The van der Waals surface area contributed by atoms with E-state index in [4.69, 9.17) is 0 Å². The van der Waals surface area contributed by atoms with E-state index in [2.05, 4.69) is 11.6 Å². The molecule has 3 heteroatoms. The maximum Gasteiger partial charge on any atom is 0.245 e. The molecule has 0 spiro atoms. The Kier molecular flexibility index (Phi) is 2.81. The van der Waals surface area contributed by atoms with Crippen molar-refractivity contribution in [1.29, 1.82) is 0 Å². The Morgan fingerprint density at radius 1 is 1.53 bits per heavy atom. The maximum atomic E-state index is 11.4. The molecule has 1 atom stereocenters. The highest BCUT2D eigenvalue weighted by Crippen LogP contribution is 2.26. The number of amides is 1. The van der Waals surface area contributed by atoms with E-state index >= 15 is 0 Å². The van der Waals surface area contributed by atoms with Crippen LogP contribution in [-0.4, -0.2) is 28.9 Å². The van der Waals surface area contributed by atoms with Gasteiger partial charge in [-0.1, -0.05) is 6.58 Å². The van der Waals surface area contributed by atoms with E-state index in [1.165, 1.54) is 11.6 Å². The molecule has 0 bridgehead atoms. The van der Waals surface area contributed by atoms with Crippen LogP contribution in [-0.2, 0) is 4.79 Å². The molecule has 15 heavy (non-hydrogen) atoms. The van der Waals surface area contributed by atoms with Crippen molar-refractivity contribution in [1.82, 2.24) is 9.88 Å². The summed E-state index contributed by atoms with van der Waals surface area (Å²) in [6.07, 6.45) is 6.01. The van der Waals surface area contributed by atoms with Crippen molar-refractivity contribution in [2.45, 2.75) is 12.3 Å². The number of rotatable bonds is 2. The first-order chi connectivity index (χ1) is 7.31. The summed E-state index contributed by atoms with van der Waals surface area (Å²) in [5.41, 5.74) is 1.27. The van der Waals surface area contributed by atoms with Crippen LogP contribution in [0.4, 0.5) is 0 Å². The molecule has 0 radical (unpaired) electrons. The van der Waals surface area contributed by atoms with Crippen molar-refractivity contribution in [2.75, 3.05) is 13.1 Å². The zero-order chi connectivity index (χ0) is 10.7. The van der Waals surface area contributed by atoms with Crippen LogP contribution in [0, 0.1) is 0 Å². The van der Waals surface area contributed by atoms with E-state index in [9.17, 15) is 4.79 Å².